The Morgan fingerprint density at radius 3 is 2.19 bits per heavy atom. The lowest BCUT2D eigenvalue weighted by Crippen LogP contribution is -2.17. The summed E-state index contributed by atoms with van der Waals surface area (Å²) < 4.78 is 0. The second-order valence-corrected chi connectivity index (χ2v) is 5.70. The zero-order valence-corrected chi connectivity index (χ0v) is 12.4. The van der Waals surface area contributed by atoms with Crippen molar-refractivity contribution in [1.82, 2.24) is 0 Å². The fraction of sp³-hybridized carbons (Fsp3) is 0.333. The van der Waals surface area contributed by atoms with Gasteiger partial charge in [0.05, 0.1) is 0 Å². The van der Waals surface area contributed by atoms with Crippen LogP contribution in [0.3, 0.4) is 0 Å². The van der Waals surface area contributed by atoms with Crippen molar-refractivity contribution in [3.63, 3.8) is 0 Å². The van der Waals surface area contributed by atoms with E-state index in [9.17, 15) is 5.11 Å². The molecule has 1 heterocycles. The molecule has 1 aliphatic rings. The normalized spacial score (nSPS) is 16.0. The standard InChI is InChI=1S/C18H22N2O/c1-14(15-4-10-18(21)11-5-15)19-16-6-8-17(9-7-16)20-12-2-3-13-20/h4-11,14,19,21H,2-3,12-13H2,1H3. The van der Waals surface area contributed by atoms with E-state index < -0.39 is 0 Å². The second-order valence-electron chi connectivity index (χ2n) is 5.70. The summed E-state index contributed by atoms with van der Waals surface area (Å²) in [6.45, 7) is 4.48. The van der Waals surface area contributed by atoms with Gasteiger partial charge in [0.25, 0.3) is 0 Å². The molecule has 0 amide bonds. The van der Waals surface area contributed by atoms with Crippen molar-refractivity contribution >= 4 is 11.4 Å². The quantitative estimate of drug-likeness (QED) is 0.883. The number of nitrogens with zero attached hydrogens (tertiary/aromatic N) is 1. The van der Waals surface area contributed by atoms with Crippen molar-refractivity contribution in [1.29, 1.82) is 0 Å². The molecule has 1 saturated heterocycles. The van der Waals surface area contributed by atoms with Gasteiger partial charge in [-0.25, -0.2) is 0 Å². The maximum Gasteiger partial charge on any atom is 0.115 e. The van der Waals surface area contributed by atoms with Crippen LogP contribution in [0.5, 0.6) is 5.75 Å². The Morgan fingerprint density at radius 1 is 0.952 bits per heavy atom. The van der Waals surface area contributed by atoms with E-state index in [0.29, 0.717) is 5.75 Å². The first-order chi connectivity index (χ1) is 10.2. The Balaban J connectivity index is 1.65. The molecule has 3 nitrogen and oxygen atoms in total. The number of benzene rings is 2. The van der Waals surface area contributed by atoms with E-state index in [1.165, 1.54) is 31.6 Å². The first-order valence-corrected chi connectivity index (χ1v) is 7.63. The Morgan fingerprint density at radius 2 is 1.57 bits per heavy atom. The van der Waals surface area contributed by atoms with E-state index in [1.807, 2.05) is 12.1 Å². The van der Waals surface area contributed by atoms with Gasteiger partial charge < -0.3 is 15.3 Å². The maximum atomic E-state index is 9.34. The molecule has 1 unspecified atom stereocenters. The number of nitrogens with one attached hydrogen (secondary N) is 1. The van der Waals surface area contributed by atoms with Crippen LogP contribution in [0.1, 0.15) is 31.4 Å². The average molecular weight is 282 g/mol. The monoisotopic (exact) mass is 282 g/mol. The largest absolute Gasteiger partial charge is 0.508 e. The van der Waals surface area contributed by atoms with Gasteiger partial charge >= 0.3 is 0 Å². The Hall–Kier alpha value is -2.16. The van der Waals surface area contributed by atoms with E-state index in [0.717, 1.165) is 11.3 Å². The van der Waals surface area contributed by atoms with Gasteiger partial charge in [-0.3, -0.25) is 0 Å². The molecule has 1 fully saturated rings. The van der Waals surface area contributed by atoms with Crippen molar-refractivity contribution in [3.8, 4) is 5.75 Å². The number of phenols is 1. The Kier molecular flexibility index (Phi) is 4.00. The zero-order chi connectivity index (χ0) is 14.7. The van der Waals surface area contributed by atoms with Crippen LogP contribution in [0.2, 0.25) is 0 Å². The van der Waals surface area contributed by atoms with Gasteiger partial charge in [-0.15, -0.1) is 0 Å². The van der Waals surface area contributed by atoms with Gasteiger partial charge in [0.15, 0.2) is 0 Å². The molecule has 0 aliphatic carbocycles. The Bertz CT molecular complexity index is 571. The molecular weight excluding hydrogens is 260 g/mol. The van der Waals surface area contributed by atoms with Crippen LogP contribution in [0.25, 0.3) is 0 Å². The molecule has 1 aliphatic heterocycles. The molecule has 2 aromatic carbocycles. The van der Waals surface area contributed by atoms with E-state index >= 15 is 0 Å². The number of hydrogen-bond donors (Lipinski definition) is 2. The van der Waals surface area contributed by atoms with Gasteiger partial charge in [-0.05, 0) is 61.7 Å². The van der Waals surface area contributed by atoms with Gasteiger partial charge in [-0.2, -0.15) is 0 Å². The van der Waals surface area contributed by atoms with Crippen LogP contribution in [0.15, 0.2) is 48.5 Å². The second kappa shape index (κ2) is 6.08. The summed E-state index contributed by atoms with van der Waals surface area (Å²) in [7, 11) is 0. The van der Waals surface area contributed by atoms with Crippen LogP contribution in [0, 0.1) is 0 Å². The lowest BCUT2D eigenvalue weighted by molar-refractivity contribution is 0.475. The van der Waals surface area contributed by atoms with Crippen LogP contribution in [0.4, 0.5) is 11.4 Å². The van der Waals surface area contributed by atoms with Crippen LogP contribution in [-0.4, -0.2) is 18.2 Å². The lowest BCUT2D eigenvalue weighted by atomic mass is 10.1. The van der Waals surface area contributed by atoms with E-state index in [2.05, 4.69) is 41.4 Å². The molecule has 2 N–H and O–H groups in total. The van der Waals surface area contributed by atoms with E-state index in [1.54, 1.807) is 12.1 Å². The topological polar surface area (TPSA) is 35.5 Å². The third-order valence-corrected chi connectivity index (χ3v) is 4.11. The molecule has 1 atom stereocenters. The highest BCUT2D eigenvalue weighted by Gasteiger charge is 2.12. The SMILES string of the molecule is CC(Nc1ccc(N2CCCC2)cc1)c1ccc(O)cc1. The summed E-state index contributed by atoms with van der Waals surface area (Å²) >= 11 is 0. The number of rotatable bonds is 4. The minimum absolute atomic E-state index is 0.211. The van der Waals surface area contributed by atoms with Gasteiger partial charge in [0, 0.05) is 30.5 Å². The molecule has 0 bridgehead atoms. The third kappa shape index (κ3) is 3.30. The first-order valence-electron chi connectivity index (χ1n) is 7.63. The van der Waals surface area contributed by atoms with E-state index in [4.69, 9.17) is 0 Å². The fourth-order valence-corrected chi connectivity index (χ4v) is 2.84. The van der Waals surface area contributed by atoms with Crippen LogP contribution < -0.4 is 10.2 Å². The van der Waals surface area contributed by atoms with Gasteiger partial charge in [-0.1, -0.05) is 12.1 Å². The number of aromatic hydroxyl groups is 1. The number of phenolic OH excluding ortho intramolecular Hbond substituents is 1. The lowest BCUT2D eigenvalue weighted by Gasteiger charge is -2.19. The highest BCUT2D eigenvalue weighted by Crippen LogP contribution is 2.25. The molecule has 3 rings (SSSR count). The predicted octanol–water partition coefficient (Wildman–Crippen LogP) is 4.17. The minimum Gasteiger partial charge on any atom is -0.508 e. The summed E-state index contributed by atoms with van der Waals surface area (Å²) in [5, 5.41) is 12.8. The van der Waals surface area contributed by atoms with Crippen molar-refractivity contribution in [3.05, 3.63) is 54.1 Å². The van der Waals surface area contributed by atoms with Crippen molar-refractivity contribution in [2.75, 3.05) is 23.3 Å². The van der Waals surface area contributed by atoms with Crippen LogP contribution >= 0.6 is 0 Å². The molecule has 0 saturated carbocycles. The molecule has 3 heteroatoms. The molecule has 2 aromatic rings. The van der Waals surface area contributed by atoms with Crippen molar-refractivity contribution in [2.45, 2.75) is 25.8 Å². The Labute approximate surface area is 126 Å². The van der Waals surface area contributed by atoms with Crippen molar-refractivity contribution < 1.29 is 5.11 Å². The maximum absolute atomic E-state index is 9.34. The highest BCUT2D eigenvalue weighted by molar-refractivity contribution is 5.56. The molecule has 0 aromatic heterocycles. The van der Waals surface area contributed by atoms with Crippen LogP contribution in [-0.2, 0) is 0 Å². The summed E-state index contributed by atoms with van der Waals surface area (Å²) in [4.78, 5) is 2.44. The zero-order valence-electron chi connectivity index (χ0n) is 12.4. The predicted molar refractivity (Wildman–Crippen MR) is 88.0 cm³/mol. The molecule has 0 radical (unpaired) electrons. The molecule has 110 valence electrons. The number of hydrogen-bond acceptors (Lipinski definition) is 3. The van der Waals surface area contributed by atoms with Gasteiger partial charge in [0.1, 0.15) is 5.75 Å². The van der Waals surface area contributed by atoms with Crippen molar-refractivity contribution in [2.24, 2.45) is 0 Å². The average Bonchev–Trinajstić information content (AvgIpc) is 3.03. The third-order valence-electron chi connectivity index (χ3n) is 4.11. The summed E-state index contributed by atoms with van der Waals surface area (Å²) in [5.74, 6) is 0.306. The fourth-order valence-electron chi connectivity index (χ4n) is 2.84. The molecular formula is C18H22N2O. The first kappa shape index (κ1) is 13.8. The highest BCUT2D eigenvalue weighted by atomic mass is 16.3. The summed E-state index contributed by atoms with van der Waals surface area (Å²) in [6.07, 6.45) is 2.61. The smallest absolute Gasteiger partial charge is 0.115 e. The minimum atomic E-state index is 0.211. The number of anilines is 2. The van der Waals surface area contributed by atoms with Gasteiger partial charge in [0.2, 0.25) is 0 Å². The van der Waals surface area contributed by atoms with E-state index in [-0.39, 0.29) is 6.04 Å². The summed E-state index contributed by atoms with van der Waals surface area (Å²) in [6, 6.07) is 16.2. The molecule has 0 spiro atoms. The summed E-state index contributed by atoms with van der Waals surface area (Å²) in [5.41, 5.74) is 3.60. The molecule has 21 heavy (non-hydrogen) atoms.